The Morgan fingerprint density at radius 3 is 2.40 bits per heavy atom. The van der Waals surface area contributed by atoms with Crippen molar-refractivity contribution >= 4 is 49.0 Å². The second-order valence-electron chi connectivity index (χ2n) is 8.87. The molecule has 0 aliphatic carbocycles. The summed E-state index contributed by atoms with van der Waals surface area (Å²) in [5.74, 6) is 0.650. The maximum atomic E-state index is 4.82. The molecule has 6 aromatic rings. The Labute approximate surface area is 175 Å². The molecule has 0 radical (unpaired) electrons. The predicted molar refractivity (Wildman–Crippen MR) is 128 cm³/mol. The summed E-state index contributed by atoms with van der Waals surface area (Å²) in [6.45, 7) is 6.83. The monoisotopic (exact) mass is 388 g/mol. The molecule has 6 rings (SSSR count). The summed E-state index contributed by atoms with van der Waals surface area (Å²) in [6.07, 6.45) is 3.02. The normalized spacial score (nSPS) is 12.3. The van der Waals surface area contributed by atoms with Gasteiger partial charge in [0.05, 0.1) is 22.1 Å². The Morgan fingerprint density at radius 2 is 1.60 bits per heavy atom. The molecule has 3 aromatic carbocycles. The van der Waals surface area contributed by atoms with Gasteiger partial charge in [-0.05, 0) is 77.6 Å². The summed E-state index contributed by atoms with van der Waals surface area (Å²) in [6, 6.07) is 24.5. The lowest BCUT2D eigenvalue weighted by atomic mass is 10.0. The number of aromatic nitrogens is 2. The molecule has 0 unspecified atom stereocenters. The average Bonchev–Trinajstić information content (AvgIpc) is 3.05. The topological polar surface area (TPSA) is 17.3 Å². The van der Waals surface area contributed by atoms with Gasteiger partial charge in [-0.15, -0.1) is 0 Å². The van der Waals surface area contributed by atoms with Crippen molar-refractivity contribution in [1.82, 2.24) is 9.38 Å². The summed E-state index contributed by atoms with van der Waals surface area (Å²) >= 11 is 0. The summed E-state index contributed by atoms with van der Waals surface area (Å²) in [5.41, 5.74) is 7.61. The molecule has 0 saturated carbocycles. The van der Waals surface area contributed by atoms with Gasteiger partial charge in [-0.3, -0.25) is 4.98 Å². The van der Waals surface area contributed by atoms with Crippen LogP contribution in [0.4, 0.5) is 0 Å². The van der Waals surface area contributed by atoms with E-state index in [-0.39, 0.29) is 0 Å². The minimum Gasteiger partial charge on any atom is -0.308 e. The van der Waals surface area contributed by atoms with Gasteiger partial charge in [0.1, 0.15) is 0 Å². The third kappa shape index (κ3) is 2.40. The van der Waals surface area contributed by atoms with Crippen molar-refractivity contribution in [2.45, 2.75) is 27.2 Å². The van der Waals surface area contributed by atoms with Crippen LogP contribution >= 0.6 is 0 Å². The van der Waals surface area contributed by atoms with Crippen LogP contribution in [0, 0.1) is 12.8 Å². The number of hydrogen-bond acceptors (Lipinski definition) is 1. The zero-order valence-electron chi connectivity index (χ0n) is 17.6. The van der Waals surface area contributed by atoms with Gasteiger partial charge in [-0.25, -0.2) is 0 Å². The lowest BCUT2D eigenvalue weighted by Crippen LogP contribution is -1.94. The molecule has 0 fully saturated rings. The molecule has 0 amide bonds. The summed E-state index contributed by atoms with van der Waals surface area (Å²) in [5, 5.41) is 6.29. The van der Waals surface area contributed by atoms with Crippen LogP contribution in [-0.4, -0.2) is 9.38 Å². The van der Waals surface area contributed by atoms with Gasteiger partial charge < -0.3 is 4.40 Å². The SMILES string of the molecule is Cc1c2cc(CC(C)C)ccc2n2c3cc4ccccc4cc3c3ncccc3c12. The molecule has 0 aliphatic rings. The fraction of sp³-hybridized carbons (Fsp3) is 0.179. The fourth-order valence-electron chi connectivity index (χ4n) is 5.08. The largest absolute Gasteiger partial charge is 0.308 e. The zero-order chi connectivity index (χ0) is 20.4. The number of aryl methyl sites for hydroxylation is 1. The molecule has 3 heterocycles. The Morgan fingerprint density at radius 1 is 0.800 bits per heavy atom. The van der Waals surface area contributed by atoms with E-state index >= 15 is 0 Å². The van der Waals surface area contributed by atoms with Crippen LogP contribution in [-0.2, 0) is 6.42 Å². The van der Waals surface area contributed by atoms with E-state index < -0.39 is 0 Å². The third-order valence-electron chi connectivity index (χ3n) is 6.35. The van der Waals surface area contributed by atoms with Crippen LogP contribution in [0.3, 0.4) is 0 Å². The minimum atomic E-state index is 0.650. The number of pyridine rings is 2. The highest BCUT2D eigenvalue weighted by molar-refractivity contribution is 6.17. The first-order valence-corrected chi connectivity index (χ1v) is 10.7. The van der Waals surface area contributed by atoms with Crippen molar-refractivity contribution in [3.05, 3.63) is 84.1 Å². The number of nitrogens with zero attached hydrogens (tertiary/aromatic N) is 2. The molecule has 30 heavy (non-hydrogen) atoms. The highest BCUT2D eigenvalue weighted by atomic mass is 14.9. The van der Waals surface area contributed by atoms with Crippen LogP contribution in [0.2, 0.25) is 0 Å². The third-order valence-corrected chi connectivity index (χ3v) is 6.35. The maximum Gasteiger partial charge on any atom is 0.0816 e. The van der Waals surface area contributed by atoms with Gasteiger partial charge in [-0.1, -0.05) is 44.2 Å². The van der Waals surface area contributed by atoms with E-state index in [1.165, 1.54) is 54.6 Å². The van der Waals surface area contributed by atoms with Crippen LogP contribution in [0.1, 0.15) is 25.0 Å². The first kappa shape index (κ1) is 17.5. The Kier molecular flexibility index (Phi) is 3.67. The molecule has 2 nitrogen and oxygen atoms in total. The lowest BCUT2D eigenvalue weighted by molar-refractivity contribution is 0.648. The molecular weight excluding hydrogens is 364 g/mol. The summed E-state index contributed by atoms with van der Waals surface area (Å²) < 4.78 is 2.45. The second-order valence-corrected chi connectivity index (χ2v) is 8.87. The summed E-state index contributed by atoms with van der Waals surface area (Å²) in [4.78, 5) is 4.82. The molecule has 0 N–H and O–H groups in total. The first-order chi connectivity index (χ1) is 14.6. The van der Waals surface area contributed by atoms with Crippen LogP contribution in [0.5, 0.6) is 0 Å². The van der Waals surface area contributed by atoms with Crippen LogP contribution in [0.25, 0.3) is 49.0 Å². The molecule has 0 atom stereocenters. The number of fused-ring (bicyclic) bond motifs is 9. The maximum absolute atomic E-state index is 4.82. The smallest absolute Gasteiger partial charge is 0.0816 e. The van der Waals surface area contributed by atoms with E-state index in [9.17, 15) is 0 Å². The standard InChI is InChI=1S/C28H24N2/c1-17(2)13-19-10-11-25-23(14-19)18(3)28-22-9-6-12-29-27(22)24-15-20-7-4-5-8-21(20)16-26(24)30(25)28/h4-12,14-17H,13H2,1-3H3. The van der Waals surface area contributed by atoms with Crippen molar-refractivity contribution < 1.29 is 0 Å². The van der Waals surface area contributed by atoms with E-state index in [1.54, 1.807) is 0 Å². The highest BCUT2D eigenvalue weighted by Crippen LogP contribution is 2.38. The molecule has 2 heteroatoms. The first-order valence-electron chi connectivity index (χ1n) is 10.7. The fourth-order valence-corrected chi connectivity index (χ4v) is 5.08. The molecule has 146 valence electrons. The van der Waals surface area contributed by atoms with Crippen molar-refractivity contribution in [2.75, 3.05) is 0 Å². The van der Waals surface area contributed by atoms with Crippen LogP contribution < -0.4 is 0 Å². The van der Waals surface area contributed by atoms with E-state index in [0.717, 1.165) is 11.9 Å². The Hall–Kier alpha value is -3.39. The van der Waals surface area contributed by atoms with Crippen molar-refractivity contribution in [3.63, 3.8) is 0 Å². The quantitative estimate of drug-likeness (QED) is 0.222. The predicted octanol–water partition coefficient (Wildman–Crippen LogP) is 7.45. The van der Waals surface area contributed by atoms with Crippen molar-refractivity contribution in [3.8, 4) is 0 Å². The van der Waals surface area contributed by atoms with Gasteiger partial charge >= 0.3 is 0 Å². The second kappa shape index (κ2) is 6.30. The van der Waals surface area contributed by atoms with E-state index in [0.29, 0.717) is 5.92 Å². The van der Waals surface area contributed by atoms with Gasteiger partial charge in [0.15, 0.2) is 0 Å². The lowest BCUT2D eigenvalue weighted by Gasteiger charge is -2.11. The summed E-state index contributed by atoms with van der Waals surface area (Å²) in [7, 11) is 0. The zero-order valence-corrected chi connectivity index (χ0v) is 17.6. The number of benzene rings is 3. The number of rotatable bonds is 2. The van der Waals surface area contributed by atoms with Crippen molar-refractivity contribution in [1.29, 1.82) is 0 Å². The number of hydrogen-bond donors (Lipinski definition) is 0. The molecule has 0 bridgehead atoms. The highest BCUT2D eigenvalue weighted by Gasteiger charge is 2.17. The van der Waals surface area contributed by atoms with Crippen LogP contribution in [0.15, 0.2) is 72.9 Å². The van der Waals surface area contributed by atoms with Gasteiger partial charge in [0.25, 0.3) is 0 Å². The van der Waals surface area contributed by atoms with E-state index in [2.05, 4.69) is 91.9 Å². The van der Waals surface area contributed by atoms with Gasteiger partial charge in [0.2, 0.25) is 0 Å². The van der Waals surface area contributed by atoms with Gasteiger partial charge in [0, 0.05) is 22.4 Å². The molecule has 0 spiro atoms. The van der Waals surface area contributed by atoms with Crippen molar-refractivity contribution in [2.24, 2.45) is 5.92 Å². The average molecular weight is 389 g/mol. The molecule has 0 saturated heterocycles. The van der Waals surface area contributed by atoms with E-state index in [4.69, 9.17) is 4.98 Å². The van der Waals surface area contributed by atoms with Gasteiger partial charge in [-0.2, -0.15) is 0 Å². The molecule has 0 aliphatic heterocycles. The molecule has 3 aromatic heterocycles. The minimum absolute atomic E-state index is 0.650. The molecular formula is C28H24N2. The van der Waals surface area contributed by atoms with E-state index in [1.807, 2.05) is 6.20 Å². The Balaban J connectivity index is 1.87. The Bertz CT molecular complexity index is 1600.